The molecule has 1 atom stereocenters. The summed E-state index contributed by atoms with van der Waals surface area (Å²) in [7, 11) is 0. The monoisotopic (exact) mass is 391 g/mol. The minimum atomic E-state index is -4.48. The smallest absolute Gasteiger partial charge is 0.337 e. The van der Waals surface area contributed by atoms with Crippen molar-refractivity contribution < 1.29 is 22.8 Å². The Balaban J connectivity index is 0.00000243. The lowest BCUT2D eigenvalue weighted by atomic mass is 10.0. The number of hydrogen-bond donors (Lipinski definition) is 1. The number of halogens is 4. The summed E-state index contributed by atoms with van der Waals surface area (Å²) in [5.41, 5.74) is -0.800. The fraction of sp³-hybridized carbons (Fsp3) is 0.529. The maximum Gasteiger partial charge on any atom is 0.416 e. The highest BCUT2D eigenvalue weighted by Gasteiger charge is 2.34. The second-order valence-corrected chi connectivity index (χ2v) is 6.39. The van der Waals surface area contributed by atoms with Crippen molar-refractivity contribution in [2.75, 3.05) is 32.7 Å². The summed E-state index contributed by atoms with van der Waals surface area (Å²) in [6.07, 6.45) is -2.95. The molecule has 2 saturated heterocycles. The molecular weight excluding hydrogens is 371 g/mol. The van der Waals surface area contributed by atoms with Crippen LogP contribution in [-0.4, -0.2) is 60.4 Å². The van der Waals surface area contributed by atoms with Crippen LogP contribution in [0.4, 0.5) is 13.2 Å². The summed E-state index contributed by atoms with van der Waals surface area (Å²) in [4.78, 5) is 28.0. The molecule has 0 aromatic heterocycles. The van der Waals surface area contributed by atoms with E-state index in [-0.39, 0.29) is 36.5 Å². The third-order valence-electron chi connectivity index (χ3n) is 4.69. The number of carbonyl (C=O) groups excluding carboxylic acids is 2. The number of likely N-dealkylation sites (tertiary alicyclic amines) is 1. The van der Waals surface area contributed by atoms with Crippen molar-refractivity contribution >= 4 is 24.2 Å². The van der Waals surface area contributed by atoms with Crippen molar-refractivity contribution in [1.82, 2.24) is 15.1 Å². The Morgan fingerprint density at radius 2 is 2.00 bits per heavy atom. The van der Waals surface area contributed by atoms with Crippen LogP contribution in [0.2, 0.25) is 0 Å². The molecule has 2 aliphatic rings. The van der Waals surface area contributed by atoms with E-state index in [1.807, 2.05) is 0 Å². The van der Waals surface area contributed by atoms with Gasteiger partial charge in [0.05, 0.1) is 12.1 Å². The predicted molar refractivity (Wildman–Crippen MR) is 92.2 cm³/mol. The van der Waals surface area contributed by atoms with E-state index >= 15 is 0 Å². The first-order chi connectivity index (χ1) is 11.9. The number of hydrogen-bond acceptors (Lipinski definition) is 3. The maximum atomic E-state index is 12.8. The molecule has 0 spiro atoms. The molecule has 0 saturated carbocycles. The first-order valence-corrected chi connectivity index (χ1v) is 8.33. The number of piperidine rings is 1. The van der Waals surface area contributed by atoms with Gasteiger partial charge in [0.25, 0.3) is 5.91 Å². The molecule has 2 fully saturated rings. The lowest BCUT2D eigenvalue weighted by Gasteiger charge is -2.41. The van der Waals surface area contributed by atoms with Crippen molar-refractivity contribution in [2.24, 2.45) is 0 Å². The zero-order chi connectivity index (χ0) is 18.0. The van der Waals surface area contributed by atoms with Gasteiger partial charge in [-0.1, -0.05) is 6.07 Å². The van der Waals surface area contributed by atoms with Crippen LogP contribution in [0.15, 0.2) is 24.3 Å². The van der Waals surface area contributed by atoms with E-state index in [1.54, 1.807) is 9.80 Å². The molecule has 144 valence electrons. The zero-order valence-corrected chi connectivity index (χ0v) is 14.9. The molecule has 0 aliphatic carbocycles. The highest BCUT2D eigenvalue weighted by Crippen LogP contribution is 2.30. The fourth-order valence-electron chi connectivity index (χ4n) is 3.41. The zero-order valence-electron chi connectivity index (χ0n) is 14.1. The highest BCUT2D eigenvalue weighted by molar-refractivity contribution is 5.94. The van der Waals surface area contributed by atoms with Gasteiger partial charge in [-0.3, -0.25) is 9.59 Å². The maximum absolute atomic E-state index is 12.8. The van der Waals surface area contributed by atoms with Gasteiger partial charge < -0.3 is 15.1 Å². The first kappa shape index (κ1) is 20.5. The topological polar surface area (TPSA) is 52.7 Å². The third-order valence-corrected chi connectivity index (χ3v) is 4.69. The van der Waals surface area contributed by atoms with Gasteiger partial charge in [0.15, 0.2) is 0 Å². The Labute approximate surface area is 155 Å². The van der Waals surface area contributed by atoms with Gasteiger partial charge in [-0.25, -0.2) is 0 Å². The van der Waals surface area contributed by atoms with E-state index in [4.69, 9.17) is 0 Å². The Morgan fingerprint density at radius 1 is 1.23 bits per heavy atom. The molecule has 0 radical (unpaired) electrons. The van der Waals surface area contributed by atoms with Gasteiger partial charge in [0.2, 0.25) is 5.91 Å². The Hall–Kier alpha value is -1.80. The Kier molecular flexibility index (Phi) is 6.52. The van der Waals surface area contributed by atoms with E-state index in [2.05, 4.69) is 5.32 Å². The van der Waals surface area contributed by atoms with E-state index in [1.165, 1.54) is 12.1 Å². The van der Waals surface area contributed by atoms with Gasteiger partial charge in [-0.2, -0.15) is 13.2 Å². The van der Waals surface area contributed by atoms with Crippen molar-refractivity contribution in [1.29, 1.82) is 0 Å². The molecule has 26 heavy (non-hydrogen) atoms. The van der Waals surface area contributed by atoms with Gasteiger partial charge in [-0.15, -0.1) is 12.4 Å². The quantitative estimate of drug-likeness (QED) is 0.840. The molecule has 2 amide bonds. The number of carbonyl (C=O) groups is 2. The van der Waals surface area contributed by atoms with Gasteiger partial charge >= 0.3 is 6.18 Å². The van der Waals surface area contributed by atoms with Crippen LogP contribution >= 0.6 is 12.4 Å². The van der Waals surface area contributed by atoms with Crippen molar-refractivity contribution in [3.8, 4) is 0 Å². The van der Waals surface area contributed by atoms with E-state index in [0.29, 0.717) is 26.2 Å². The van der Waals surface area contributed by atoms with Crippen molar-refractivity contribution in [3.63, 3.8) is 0 Å². The minimum Gasteiger partial charge on any atom is -0.337 e. The predicted octanol–water partition coefficient (Wildman–Crippen LogP) is 2.16. The van der Waals surface area contributed by atoms with Crippen LogP contribution in [-0.2, 0) is 11.0 Å². The van der Waals surface area contributed by atoms with Crippen LogP contribution in [0.25, 0.3) is 0 Å². The van der Waals surface area contributed by atoms with Crippen LogP contribution in [0.3, 0.4) is 0 Å². The molecule has 3 rings (SSSR count). The number of benzene rings is 1. The molecule has 1 aromatic rings. The summed E-state index contributed by atoms with van der Waals surface area (Å²) >= 11 is 0. The SMILES string of the molecule is Cl.O=C(c1cccc(C(F)(F)F)c1)N1CCCC(N2CCNCC2=O)C1. The van der Waals surface area contributed by atoms with E-state index < -0.39 is 17.6 Å². The number of alkyl halides is 3. The molecule has 9 heteroatoms. The summed E-state index contributed by atoms with van der Waals surface area (Å²) in [6.45, 7) is 2.45. The molecule has 2 heterocycles. The van der Waals surface area contributed by atoms with Crippen LogP contribution in [0, 0.1) is 0 Å². The molecular formula is C17H21ClF3N3O2. The number of rotatable bonds is 2. The van der Waals surface area contributed by atoms with Gasteiger partial charge in [0, 0.05) is 37.8 Å². The number of piperazine rings is 1. The van der Waals surface area contributed by atoms with Crippen molar-refractivity contribution in [3.05, 3.63) is 35.4 Å². The van der Waals surface area contributed by atoms with Gasteiger partial charge in [0.1, 0.15) is 0 Å². The Morgan fingerprint density at radius 3 is 2.69 bits per heavy atom. The summed E-state index contributed by atoms with van der Waals surface area (Å²) < 4.78 is 38.5. The fourth-order valence-corrected chi connectivity index (χ4v) is 3.41. The second-order valence-electron chi connectivity index (χ2n) is 6.39. The third kappa shape index (κ3) is 4.48. The largest absolute Gasteiger partial charge is 0.416 e. The number of amides is 2. The van der Waals surface area contributed by atoms with Crippen LogP contribution in [0.1, 0.15) is 28.8 Å². The molecule has 1 aromatic carbocycles. The Bertz CT molecular complexity index is 669. The van der Waals surface area contributed by atoms with E-state index in [0.717, 1.165) is 25.0 Å². The standard InChI is InChI=1S/C17H20F3N3O2.ClH/c18-17(19,20)13-4-1-3-12(9-13)16(25)22-7-2-5-14(11-22)23-8-6-21-10-15(23)24;/h1,3-4,9,14,21H,2,5-8,10-11H2;1H. The number of nitrogens with one attached hydrogen (secondary N) is 1. The molecule has 1 unspecified atom stereocenters. The molecule has 1 N–H and O–H groups in total. The normalized spacial score (nSPS) is 21.3. The molecule has 0 bridgehead atoms. The van der Waals surface area contributed by atoms with Crippen LogP contribution in [0.5, 0.6) is 0 Å². The van der Waals surface area contributed by atoms with Crippen molar-refractivity contribution in [2.45, 2.75) is 25.1 Å². The van der Waals surface area contributed by atoms with Gasteiger partial charge in [-0.05, 0) is 31.0 Å². The summed E-state index contributed by atoms with van der Waals surface area (Å²) in [5, 5.41) is 3.01. The summed E-state index contributed by atoms with van der Waals surface area (Å²) in [6, 6.07) is 4.42. The molecule has 2 aliphatic heterocycles. The summed E-state index contributed by atoms with van der Waals surface area (Å²) in [5.74, 6) is -0.414. The number of nitrogens with zero attached hydrogens (tertiary/aromatic N) is 2. The molecule has 5 nitrogen and oxygen atoms in total. The highest BCUT2D eigenvalue weighted by atomic mass is 35.5. The lowest BCUT2D eigenvalue weighted by molar-refractivity contribution is -0.137. The second kappa shape index (κ2) is 8.26. The average Bonchev–Trinajstić information content (AvgIpc) is 2.61. The minimum absolute atomic E-state index is 0. The first-order valence-electron chi connectivity index (χ1n) is 8.33. The lowest BCUT2D eigenvalue weighted by Crippen LogP contribution is -2.57. The van der Waals surface area contributed by atoms with Crippen LogP contribution < -0.4 is 5.32 Å². The van der Waals surface area contributed by atoms with E-state index in [9.17, 15) is 22.8 Å². The average molecular weight is 392 g/mol.